The number of aromatic nitrogens is 2. The molecule has 0 atom stereocenters. The lowest BCUT2D eigenvalue weighted by Crippen LogP contribution is -2.30. The predicted octanol–water partition coefficient (Wildman–Crippen LogP) is 3.93. The summed E-state index contributed by atoms with van der Waals surface area (Å²) < 4.78 is 10.6. The fourth-order valence-electron chi connectivity index (χ4n) is 3.04. The number of hydrogen-bond donors (Lipinski definition) is 1. The van der Waals surface area contributed by atoms with Gasteiger partial charge in [0.2, 0.25) is 11.7 Å². The van der Waals surface area contributed by atoms with Crippen molar-refractivity contribution in [3.8, 4) is 11.6 Å². The molecule has 0 radical (unpaired) electrons. The molecule has 6 heteroatoms. The Bertz CT molecular complexity index is 776. The normalized spacial score (nSPS) is 14.8. The Morgan fingerprint density at radius 3 is 2.75 bits per heavy atom. The Balaban J connectivity index is 1.46. The molecule has 1 aliphatic rings. The third-order valence-electron chi connectivity index (χ3n) is 4.24. The van der Waals surface area contributed by atoms with E-state index in [4.69, 9.17) is 8.94 Å². The number of rotatable bonds is 5. The lowest BCUT2D eigenvalue weighted by atomic mass is 10.1. The van der Waals surface area contributed by atoms with E-state index in [9.17, 15) is 0 Å². The van der Waals surface area contributed by atoms with Gasteiger partial charge in [-0.3, -0.25) is 0 Å². The predicted molar refractivity (Wildman–Crippen MR) is 91.8 cm³/mol. The third-order valence-corrected chi connectivity index (χ3v) is 4.24. The number of piperidine rings is 1. The van der Waals surface area contributed by atoms with Gasteiger partial charge in [0.15, 0.2) is 5.76 Å². The van der Waals surface area contributed by atoms with Crippen LogP contribution in [0.5, 0.6) is 0 Å². The fourth-order valence-corrected chi connectivity index (χ4v) is 3.04. The average Bonchev–Trinajstić information content (AvgIpc) is 3.32. The first kappa shape index (κ1) is 14.8. The minimum atomic E-state index is 0.473. The van der Waals surface area contributed by atoms with Gasteiger partial charge in [-0.15, -0.1) is 0 Å². The average molecular weight is 324 g/mol. The Morgan fingerprint density at radius 2 is 1.92 bits per heavy atom. The summed E-state index contributed by atoms with van der Waals surface area (Å²) in [7, 11) is 0. The van der Waals surface area contributed by atoms with E-state index in [1.54, 1.807) is 12.3 Å². The number of furan rings is 1. The lowest BCUT2D eigenvalue weighted by Gasteiger charge is -2.30. The maximum atomic E-state index is 5.30. The van der Waals surface area contributed by atoms with E-state index in [2.05, 4.69) is 38.6 Å². The van der Waals surface area contributed by atoms with Gasteiger partial charge in [-0.05, 0) is 43.5 Å². The molecule has 1 N–H and O–H groups in total. The van der Waals surface area contributed by atoms with Crippen molar-refractivity contribution >= 4 is 11.4 Å². The van der Waals surface area contributed by atoms with Crippen molar-refractivity contribution in [2.75, 3.05) is 23.3 Å². The van der Waals surface area contributed by atoms with E-state index in [1.807, 2.05) is 12.1 Å². The minimum absolute atomic E-state index is 0.473. The summed E-state index contributed by atoms with van der Waals surface area (Å²) >= 11 is 0. The van der Waals surface area contributed by atoms with Gasteiger partial charge in [0.1, 0.15) is 0 Å². The van der Waals surface area contributed by atoms with Crippen LogP contribution in [-0.2, 0) is 6.54 Å². The van der Waals surface area contributed by atoms with E-state index in [1.165, 1.54) is 24.9 Å². The van der Waals surface area contributed by atoms with Crippen molar-refractivity contribution in [2.45, 2.75) is 25.8 Å². The van der Waals surface area contributed by atoms with Gasteiger partial charge in [0.05, 0.1) is 24.2 Å². The molecule has 3 heterocycles. The molecule has 1 aromatic carbocycles. The number of hydrogen-bond acceptors (Lipinski definition) is 6. The molecule has 2 aromatic heterocycles. The summed E-state index contributed by atoms with van der Waals surface area (Å²) in [6.45, 7) is 2.71. The third kappa shape index (κ3) is 3.13. The molecule has 3 aromatic rings. The van der Waals surface area contributed by atoms with Crippen LogP contribution in [0.2, 0.25) is 0 Å². The van der Waals surface area contributed by atoms with Crippen LogP contribution in [-0.4, -0.2) is 23.2 Å². The maximum absolute atomic E-state index is 5.30. The quantitative estimate of drug-likeness (QED) is 0.767. The molecular weight excluding hydrogens is 304 g/mol. The van der Waals surface area contributed by atoms with Crippen LogP contribution in [0.15, 0.2) is 51.6 Å². The zero-order valence-electron chi connectivity index (χ0n) is 13.4. The molecule has 0 amide bonds. The largest absolute Gasteiger partial charge is 0.461 e. The van der Waals surface area contributed by atoms with Gasteiger partial charge >= 0.3 is 0 Å². The maximum Gasteiger partial charge on any atom is 0.246 e. The van der Waals surface area contributed by atoms with Crippen LogP contribution in [0.3, 0.4) is 0 Å². The van der Waals surface area contributed by atoms with Gasteiger partial charge in [-0.25, -0.2) is 0 Å². The van der Waals surface area contributed by atoms with Crippen molar-refractivity contribution in [3.63, 3.8) is 0 Å². The van der Waals surface area contributed by atoms with E-state index < -0.39 is 0 Å². The Kier molecular flexibility index (Phi) is 4.18. The molecule has 0 unspecified atom stereocenters. The summed E-state index contributed by atoms with van der Waals surface area (Å²) in [5, 5.41) is 7.37. The number of anilines is 2. The Morgan fingerprint density at radius 1 is 1.04 bits per heavy atom. The second-order valence-electron chi connectivity index (χ2n) is 5.91. The van der Waals surface area contributed by atoms with E-state index in [0.29, 0.717) is 24.0 Å². The molecule has 4 rings (SSSR count). The molecule has 1 fully saturated rings. The van der Waals surface area contributed by atoms with Gasteiger partial charge in [-0.2, -0.15) is 4.98 Å². The highest BCUT2D eigenvalue weighted by Gasteiger charge is 2.15. The van der Waals surface area contributed by atoms with Crippen molar-refractivity contribution in [1.29, 1.82) is 0 Å². The summed E-state index contributed by atoms with van der Waals surface area (Å²) in [5.74, 6) is 1.62. The zero-order chi connectivity index (χ0) is 16.2. The molecule has 1 aliphatic heterocycles. The Labute approximate surface area is 140 Å². The van der Waals surface area contributed by atoms with Gasteiger partial charge in [0, 0.05) is 13.1 Å². The van der Waals surface area contributed by atoms with Crippen LogP contribution in [0.1, 0.15) is 25.2 Å². The number of para-hydroxylation sites is 2. The highest BCUT2D eigenvalue weighted by molar-refractivity contribution is 5.70. The highest BCUT2D eigenvalue weighted by atomic mass is 16.5. The van der Waals surface area contributed by atoms with Crippen LogP contribution >= 0.6 is 0 Å². The second kappa shape index (κ2) is 6.78. The standard InChI is InChI=1S/C18H20N4O2/c1-4-10-22(11-5-1)15-8-3-2-7-14(15)19-13-17-20-18(21-24-17)16-9-6-12-23-16/h2-3,6-9,12,19H,1,4-5,10-11,13H2. The van der Waals surface area contributed by atoms with Crippen molar-refractivity contribution < 1.29 is 8.94 Å². The van der Waals surface area contributed by atoms with Crippen molar-refractivity contribution in [2.24, 2.45) is 0 Å². The smallest absolute Gasteiger partial charge is 0.246 e. The van der Waals surface area contributed by atoms with Crippen LogP contribution in [0.4, 0.5) is 11.4 Å². The summed E-state index contributed by atoms with van der Waals surface area (Å²) in [6, 6.07) is 12.0. The van der Waals surface area contributed by atoms with Crippen LogP contribution in [0.25, 0.3) is 11.6 Å². The Hall–Kier alpha value is -2.76. The van der Waals surface area contributed by atoms with Crippen molar-refractivity contribution in [1.82, 2.24) is 10.1 Å². The van der Waals surface area contributed by atoms with Gasteiger partial charge < -0.3 is 19.2 Å². The molecule has 24 heavy (non-hydrogen) atoms. The minimum Gasteiger partial charge on any atom is -0.461 e. The fraction of sp³-hybridized carbons (Fsp3) is 0.333. The molecule has 1 saturated heterocycles. The monoisotopic (exact) mass is 324 g/mol. The van der Waals surface area contributed by atoms with E-state index >= 15 is 0 Å². The first-order valence-corrected chi connectivity index (χ1v) is 8.34. The number of nitrogens with zero attached hydrogens (tertiary/aromatic N) is 3. The molecule has 0 saturated carbocycles. The van der Waals surface area contributed by atoms with E-state index in [-0.39, 0.29) is 0 Å². The molecule has 0 aliphatic carbocycles. The topological polar surface area (TPSA) is 67.3 Å². The molecule has 0 spiro atoms. The summed E-state index contributed by atoms with van der Waals surface area (Å²) in [5.41, 5.74) is 2.33. The van der Waals surface area contributed by atoms with Gasteiger partial charge in [0.25, 0.3) is 0 Å². The van der Waals surface area contributed by atoms with Crippen molar-refractivity contribution in [3.05, 3.63) is 48.6 Å². The second-order valence-corrected chi connectivity index (χ2v) is 5.91. The highest BCUT2D eigenvalue weighted by Crippen LogP contribution is 2.28. The molecule has 124 valence electrons. The SMILES string of the molecule is c1coc(-c2noc(CNc3ccccc3N3CCCCC3)n2)c1. The number of benzene rings is 1. The van der Waals surface area contributed by atoms with Crippen LogP contribution < -0.4 is 10.2 Å². The molecule has 0 bridgehead atoms. The molecular formula is C18H20N4O2. The summed E-state index contributed by atoms with van der Waals surface area (Å²) in [6.07, 6.45) is 5.43. The first-order valence-electron chi connectivity index (χ1n) is 8.34. The molecule has 6 nitrogen and oxygen atoms in total. The zero-order valence-corrected chi connectivity index (χ0v) is 13.4. The van der Waals surface area contributed by atoms with E-state index in [0.717, 1.165) is 18.8 Å². The van der Waals surface area contributed by atoms with Crippen LogP contribution in [0, 0.1) is 0 Å². The lowest BCUT2D eigenvalue weighted by molar-refractivity contribution is 0.382. The number of nitrogens with one attached hydrogen (secondary N) is 1. The summed E-state index contributed by atoms with van der Waals surface area (Å²) in [4.78, 5) is 6.80. The van der Waals surface area contributed by atoms with Gasteiger partial charge in [-0.1, -0.05) is 17.3 Å². The first-order chi connectivity index (χ1) is 11.9.